The number of aromatic nitrogens is 4. The molecule has 0 spiro atoms. The van der Waals surface area contributed by atoms with Crippen LogP contribution in [0.4, 0.5) is 5.82 Å². The molecular weight excluding hydrogens is 481 g/mol. The molecule has 5 atom stereocenters. The fourth-order valence-corrected chi connectivity index (χ4v) is 5.63. The third kappa shape index (κ3) is 3.83. The summed E-state index contributed by atoms with van der Waals surface area (Å²) in [7, 11) is 0. The third-order valence-corrected chi connectivity index (χ3v) is 7.30. The highest BCUT2D eigenvalue weighted by Crippen LogP contribution is 2.53. The summed E-state index contributed by atoms with van der Waals surface area (Å²) in [5.74, 6) is 1.38. The number of aliphatic hydroxyl groups excluding tert-OH is 1. The van der Waals surface area contributed by atoms with Crippen LogP contribution in [-0.4, -0.2) is 54.4 Å². The molecule has 3 aromatic heterocycles. The van der Waals surface area contributed by atoms with Crippen molar-refractivity contribution in [1.82, 2.24) is 19.5 Å². The van der Waals surface area contributed by atoms with E-state index in [4.69, 9.17) is 35.0 Å². The number of anilines is 1. The lowest BCUT2D eigenvalue weighted by atomic mass is 10.1. The monoisotopic (exact) mass is 501 g/mol. The number of imidazole rings is 1. The average molecular weight is 501 g/mol. The first-order valence-electron chi connectivity index (χ1n) is 10.5. The predicted molar refractivity (Wildman–Crippen MR) is 124 cm³/mol. The molecule has 0 aliphatic carbocycles. The van der Waals surface area contributed by atoms with Gasteiger partial charge in [0.2, 0.25) is 0 Å². The zero-order valence-corrected chi connectivity index (χ0v) is 19.3. The number of nitrogens with one attached hydrogen (secondary N) is 1. The van der Waals surface area contributed by atoms with Gasteiger partial charge in [-0.25, -0.2) is 15.0 Å². The topological polar surface area (TPSA) is 137 Å². The Hall–Kier alpha value is -2.70. The van der Waals surface area contributed by atoms with Crippen LogP contribution in [0.3, 0.4) is 0 Å². The van der Waals surface area contributed by atoms with E-state index in [-0.39, 0.29) is 6.61 Å². The van der Waals surface area contributed by atoms with Gasteiger partial charge in [-0.3, -0.25) is 9.09 Å². The van der Waals surface area contributed by atoms with Gasteiger partial charge < -0.3 is 29.0 Å². The number of nitrogens with zero attached hydrogens (tertiary/aromatic N) is 4. The van der Waals surface area contributed by atoms with Crippen molar-refractivity contribution in [1.29, 1.82) is 0 Å². The van der Waals surface area contributed by atoms with E-state index in [0.717, 1.165) is 5.56 Å². The molecule has 176 valence electrons. The van der Waals surface area contributed by atoms with Crippen LogP contribution in [0.1, 0.15) is 11.8 Å². The van der Waals surface area contributed by atoms with Crippen molar-refractivity contribution in [2.75, 3.05) is 11.9 Å². The molecule has 0 radical (unpaired) electrons. The molecule has 1 unspecified atom stereocenters. The summed E-state index contributed by atoms with van der Waals surface area (Å²) in [4.78, 5) is 23.6. The number of hydrogen-bond acceptors (Lipinski definition) is 10. The summed E-state index contributed by atoms with van der Waals surface area (Å²) >= 11 is 4.96. The fourth-order valence-electron chi connectivity index (χ4n) is 4.19. The summed E-state index contributed by atoms with van der Waals surface area (Å²) in [5, 5.41) is 14.4. The number of ether oxygens (including phenoxy) is 1. The number of benzene rings is 1. The molecule has 6 rings (SSSR count). The zero-order chi connectivity index (χ0) is 23.3. The van der Waals surface area contributed by atoms with Gasteiger partial charge in [0, 0.05) is 6.54 Å². The van der Waals surface area contributed by atoms with Crippen LogP contribution in [0.2, 0.25) is 0 Å². The molecule has 2 fully saturated rings. The predicted octanol–water partition coefficient (Wildman–Crippen LogP) is 2.59. The fraction of sp³-hybridized carbons (Fsp3) is 0.286. The third-order valence-electron chi connectivity index (χ3n) is 5.74. The summed E-state index contributed by atoms with van der Waals surface area (Å²) in [5.41, 5.74) is 2.00. The SMILES string of the molecule is O[C@@H]1[C@@H]2OP(O)(=S)OC[C@H]2O[C@H]1n1c(-c2ccco2)nc2c(NCc3ccccc3)ncnc21. The average Bonchev–Trinajstić information content (AvgIpc) is 3.56. The molecule has 34 heavy (non-hydrogen) atoms. The Morgan fingerprint density at radius 3 is 2.82 bits per heavy atom. The first-order chi connectivity index (χ1) is 16.5. The van der Waals surface area contributed by atoms with E-state index in [9.17, 15) is 10.00 Å². The van der Waals surface area contributed by atoms with Crippen molar-refractivity contribution in [2.45, 2.75) is 31.1 Å². The lowest BCUT2D eigenvalue weighted by Crippen LogP contribution is -2.39. The largest absolute Gasteiger partial charge is 0.461 e. The summed E-state index contributed by atoms with van der Waals surface area (Å²) < 4.78 is 24.0. The van der Waals surface area contributed by atoms with Crippen LogP contribution >= 0.6 is 6.72 Å². The van der Waals surface area contributed by atoms with Gasteiger partial charge in [-0.05, 0) is 29.5 Å². The van der Waals surface area contributed by atoms with Crippen molar-refractivity contribution in [3.8, 4) is 11.6 Å². The van der Waals surface area contributed by atoms with Crippen LogP contribution < -0.4 is 5.32 Å². The second-order valence-corrected chi connectivity index (χ2v) is 10.7. The lowest BCUT2D eigenvalue weighted by Gasteiger charge is -2.30. The van der Waals surface area contributed by atoms with Crippen LogP contribution in [0, 0.1) is 0 Å². The van der Waals surface area contributed by atoms with Crippen molar-refractivity contribution < 1.29 is 28.2 Å². The van der Waals surface area contributed by atoms with Crippen molar-refractivity contribution >= 4 is 35.5 Å². The van der Waals surface area contributed by atoms with Gasteiger partial charge in [0.05, 0.1) is 12.9 Å². The minimum absolute atomic E-state index is 0.00752. The standard InChI is InChI=1S/C21H20N5O6PS/c27-16-17-14(10-30-33(28,34)32-17)31-21(16)26-19(13-7-4-8-29-13)25-15-18(23-11-24-20(15)26)22-9-12-5-2-1-3-6-12/h1-8,11,14,16-17,21,27H,9-10H2,(H,28,34)(H,22,23,24)/t14-,16-,17-,21-,33?/m1/s1. The maximum atomic E-state index is 11.1. The first-order valence-corrected chi connectivity index (χ1v) is 13.1. The summed E-state index contributed by atoms with van der Waals surface area (Å²) in [6.07, 6.45) is -0.624. The maximum Gasteiger partial charge on any atom is 0.325 e. The zero-order valence-electron chi connectivity index (χ0n) is 17.6. The van der Waals surface area contributed by atoms with Crippen molar-refractivity contribution in [3.63, 3.8) is 0 Å². The number of fused-ring (bicyclic) bond motifs is 2. The number of furan rings is 1. The van der Waals surface area contributed by atoms with Gasteiger partial charge in [0.1, 0.15) is 24.6 Å². The lowest BCUT2D eigenvalue weighted by molar-refractivity contribution is -0.0588. The molecule has 2 saturated heterocycles. The molecule has 0 amide bonds. The molecule has 11 nitrogen and oxygen atoms in total. The Bertz CT molecular complexity index is 1370. The smallest absolute Gasteiger partial charge is 0.325 e. The van der Waals surface area contributed by atoms with E-state index in [1.165, 1.54) is 12.6 Å². The molecule has 5 heterocycles. The van der Waals surface area contributed by atoms with Gasteiger partial charge >= 0.3 is 6.72 Å². The van der Waals surface area contributed by atoms with Gasteiger partial charge in [-0.15, -0.1) is 0 Å². The van der Waals surface area contributed by atoms with Crippen LogP contribution in [0.5, 0.6) is 0 Å². The number of hydrogen-bond donors (Lipinski definition) is 3. The van der Waals surface area contributed by atoms with Crippen LogP contribution in [0.15, 0.2) is 59.5 Å². The van der Waals surface area contributed by atoms with E-state index < -0.39 is 31.3 Å². The van der Waals surface area contributed by atoms with Crippen LogP contribution in [-0.2, 0) is 32.1 Å². The van der Waals surface area contributed by atoms with Gasteiger partial charge in [-0.2, -0.15) is 0 Å². The van der Waals surface area contributed by atoms with Crippen molar-refractivity contribution in [3.05, 3.63) is 60.6 Å². The van der Waals surface area contributed by atoms with E-state index in [2.05, 4.69) is 15.3 Å². The minimum Gasteiger partial charge on any atom is -0.461 e. The normalized spacial score (nSPS) is 28.8. The minimum atomic E-state index is -3.44. The Labute approximate surface area is 198 Å². The first kappa shape index (κ1) is 21.8. The second kappa shape index (κ2) is 8.51. The molecule has 2 aliphatic heterocycles. The van der Waals surface area contributed by atoms with Crippen LogP contribution in [0.25, 0.3) is 22.7 Å². The Balaban J connectivity index is 1.42. The Morgan fingerprint density at radius 2 is 2.03 bits per heavy atom. The van der Waals surface area contributed by atoms with Gasteiger partial charge in [-0.1, -0.05) is 30.3 Å². The molecule has 13 heteroatoms. The highest BCUT2D eigenvalue weighted by atomic mass is 32.5. The molecule has 1 aromatic carbocycles. The quantitative estimate of drug-likeness (QED) is 0.348. The molecule has 2 aliphatic rings. The molecule has 3 N–H and O–H groups in total. The van der Waals surface area contributed by atoms with E-state index >= 15 is 0 Å². The van der Waals surface area contributed by atoms with E-state index in [1.807, 2.05) is 30.3 Å². The van der Waals surface area contributed by atoms with Gasteiger partial charge in [0.15, 0.2) is 34.8 Å². The maximum absolute atomic E-state index is 11.1. The highest BCUT2D eigenvalue weighted by Gasteiger charge is 2.52. The molecule has 0 saturated carbocycles. The molecular formula is C21H20N5O6PS. The Kier molecular flexibility index (Phi) is 5.46. The second-order valence-electron chi connectivity index (χ2n) is 7.91. The van der Waals surface area contributed by atoms with Crippen molar-refractivity contribution in [2.24, 2.45) is 0 Å². The van der Waals surface area contributed by atoms with E-state index in [0.29, 0.717) is 35.1 Å². The molecule has 0 bridgehead atoms. The summed E-state index contributed by atoms with van der Waals surface area (Å²) in [6.45, 7) is -2.89. The summed E-state index contributed by atoms with van der Waals surface area (Å²) in [6, 6.07) is 13.4. The Morgan fingerprint density at radius 1 is 1.18 bits per heavy atom. The number of rotatable bonds is 5. The van der Waals surface area contributed by atoms with Gasteiger partial charge in [0.25, 0.3) is 0 Å². The number of aliphatic hydroxyl groups is 1. The molecule has 4 aromatic rings. The van der Waals surface area contributed by atoms with E-state index in [1.54, 1.807) is 16.7 Å². The highest BCUT2D eigenvalue weighted by molar-refractivity contribution is 8.07.